The molecule has 0 radical (unpaired) electrons. The summed E-state index contributed by atoms with van der Waals surface area (Å²) in [5.41, 5.74) is 4.64. The van der Waals surface area contributed by atoms with Gasteiger partial charge in [-0.2, -0.15) is 0 Å². The zero-order chi connectivity index (χ0) is 15.7. The Labute approximate surface area is 135 Å². The number of rotatable bonds is 0. The molecule has 1 nitrogen and oxygen atoms in total. The molecule has 3 saturated carbocycles. The van der Waals surface area contributed by atoms with E-state index in [1.165, 1.54) is 49.7 Å². The first kappa shape index (κ1) is 14.7. The molecule has 4 rings (SSSR count). The van der Waals surface area contributed by atoms with Crippen molar-refractivity contribution in [3.63, 3.8) is 0 Å². The van der Waals surface area contributed by atoms with Crippen molar-refractivity contribution in [2.45, 2.75) is 72.6 Å². The zero-order valence-electron chi connectivity index (χ0n) is 14.7. The zero-order valence-corrected chi connectivity index (χ0v) is 14.7. The second-order valence-corrected chi connectivity index (χ2v) is 8.99. The van der Waals surface area contributed by atoms with Gasteiger partial charge in [0.15, 0.2) is 5.78 Å². The van der Waals surface area contributed by atoms with Crippen LogP contribution in [0.15, 0.2) is 22.8 Å². The Balaban J connectivity index is 1.77. The average Bonchev–Trinajstić information content (AvgIpc) is 2.89. The fourth-order valence-electron chi connectivity index (χ4n) is 6.80. The molecule has 0 bridgehead atoms. The van der Waals surface area contributed by atoms with Crippen molar-refractivity contribution in [3.05, 3.63) is 22.8 Å². The van der Waals surface area contributed by atoms with Gasteiger partial charge in [-0.05, 0) is 87.2 Å². The van der Waals surface area contributed by atoms with Crippen LogP contribution < -0.4 is 0 Å². The molecule has 0 spiro atoms. The Bertz CT molecular complexity index is 595. The summed E-state index contributed by atoms with van der Waals surface area (Å²) in [6.45, 7) is 9.30. The third-order valence-corrected chi connectivity index (χ3v) is 8.39. The van der Waals surface area contributed by atoms with Crippen molar-refractivity contribution in [1.82, 2.24) is 0 Å². The minimum Gasteiger partial charge on any atom is -0.290 e. The Morgan fingerprint density at radius 2 is 1.82 bits per heavy atom. The molecule has 0 saturated heterocycles. The molecule has 5 atom stereocenters. The highest BCUT2D eigenvalue weighted by molar-refractivity contribution is 6.06. The van der Waals surface area contributed by atoms with Gasteiger partial charge in [0.2, 0.25) is 0 Å². The van der Waals surface area contributed by atoms with Gasteiger partial charge in [-0.3, -0.25) is 4.79 Å². The molecule has 0 aromatic carbocycles. The van der Waals surface area contributed by atoms with Crippen LogP contribution in [0.25, 0.3) is 0 Å². The highest BCUT2D eigenvalue weighted by Crippen LogP contribution is 2.65. The number of fused-ring (bicyclic) bond motifs is 5. The first-order chi connectivity index (χ1) is 10.4. The highest BCUT2D eigenvalue weighted by atomic mass is 16.1. The minimum atomic E-state index is 0.171. The monoisotopic (exact) mass is 298 g/mol. The van der Waals surface area contributed by atoms with E-state index in [1.807, 2.05) is 13.0 Å². The first-order valence-corrected chi connectivity index (χ1v) is 9.31. The van der Waals surface area contributed by atoms with Gasteiger partial charge in [0.1, 0.15) is 0 Å². The molecule has 0 unspecified atom stereocenters. The van der Waals surface area contributed by atoms with E-state index in [-0.39, 0.29) is 11.2 Å². The molecule has 0 heterocycles. The summed E-state index contributed by atoms with van der Waals surface area (Å²) in [5, 5.41) is 0. The van der Waals surface area contributed by atoms with Crippen LogP contribution in [0, 0.1) is 28.6 Å². The van der Waals surface area contributed by atoms with Crippen molar-refractivity contribution in [1.29, 1.82) is 0 Å². The van der Waals surface area contributed by atoms with Gasteiger partial charge in [-0.15, -0.1) is 0 Å². The molecule has 4 aliphatic carbocycles. The molecule has 0 N–H and O–H groups in total. The lowest BCUT2D eigenvalue weighted by atomic mass is 9.47. The van der Waals surface area contributed by atoms with Crippen LogP contribution in [0.1, 0.15) is 72.6 Å². The van der Waals surface area contributed by atoms with Crippen molar-refractivity contribution in [2.75, 3.05) is 0 Å². The predicted octanol–water partition coefficient (Wildman–Crippen LogP) is 5.46. The Morgan fingerprint density at radius 1 is 1.05 bits per heavy atom. The van der Waals surface area contributed by atoms with E-state index < -0.39 is 0 Å². The van der Waals surface area contributed by atoms with E-state index in [2.05, 4.69) is 20.8 Å². The van der Waals surface area contributed by atoms with E-state index in [0.29, 0.717) is 5.41 Å². The van der Waals surface area contributed by atoms with Crippen LogP contribution in [0.2, 0.25) is 0 Å². The number of carbonyl (C=O) groups excluding carboxylic acids is 1. The number of ketones is 1. The van der Waals surface area contributed by atoms with E-state index in [0.717, 1.165) is 29.7 Å². The third kappa shape index (κ3) is 1.69. The topological polar surface area (TPSA) is 17.1 Å². The summed E-state index contributed by atoms with van der Waals surface area (Å²) >= 11 is 0. The summed E-state index contributed by atoms with van der Waals surface area (Å²) in [4.78, 5) is 12.3. The summed E-state index contributed by atoms with van der Waals surface area (Å²) in [6.07, 6.45) is 11.6. The van der Waals surface area contributed by atoms with Gasteiger partial charge in [-0.1, -0.05) is 31.4 Å². The molecule has 4 aliphatic rings. The molecule has 120 valence electrons. The highest BCUT2D eigenvalue weighted by Gasteiger charge is 2.56. The number of carbonyl (C=O) groups is 1. The maximum absolute atomic E-state index is 12.3. The molecule has 22 heavy (non-hydrogen) atoms. The fourth-order valence-corrected chi connectivity index (χ4v) is 6.80. The fraction of sp³-hybridized carbons (Fsp3) is 0.762. The lowest BCUT2D eigenvalue weighted by Gasteiger charge is -2.57. The van der Waals surface area contributed by atoms with Crippen molar-refractivity contribution in [3.8, 4) is 0 Å². The largest absolute Gasteiger partial charge is 0.290 e. The van der Waals surface area contributed by atoms with Gasteiger partial charge < -0.3 is 0 Å². The molecule has 0 amide bonds. The molecular formula is C21H30O. The second-order valence-electron chi connectivity index (χ2n) is 8.99. The van der Waals surface area contributed by atoms with E-state index >= 15 is 0 Å². The van der Waals surface area contributed by atoms with Crippen LogP contribution in [-0.4, -0.2) is 5.78 Å². The molecule has 0 aliphatic heterocycles. The SMILES string of the molecule is CC1=C(C)[C@@]2(C)C(=CC1=O)CC[C@H]1[C@@H]3CCC[C@@]3(C)CC[C@@H]12. The van der Waals surface area contributed by atoms with E-state index in [9.17, 15) is 4.79 Å². The molecule has 3 fully saturated rings. The predicted molar refractivity (Wildman–Crippen MR) is 90.5 cm³/mol. The lowest BCUT2D eigenvalue weighted by Crippen LogP contribution is -2.49. The quantitative estimate of drug-likeness (QED) is 0.580. The van der Waals surface area contributed by atoms with Gasteiger partial charge in [-0.25, -0.2) is 0 Å². The molecule has 0 aromatic heterocycles. The summed E-state index contributed by atoms with van der Waals surface area (Å²) in [5.74, 6) is 2.87. The smallest absolute Gasteiger partial charge is 0.181 e. The van der Waals surface area contributed by atoms with Crippen LogP contribution in [0.4, 0.5) is 0 Å². The third-order valence-electron chi connectivity index (χ3n) is 8.39. The van der Waals surface area contributed by atoms with E-state index in [1.54, 1.807) is 0 Å². The number of hydrogen-bond acceptors (Lipinski definition) is 1. The number of allylic oxidation sites excluding steroid dienone is 4. The average molecular weight is 298 g/mol. The normalized spacial score (nSPS) is 47.7. The van der Waals surface area contributed by atoms with E-state index in [4.69, 9.17) is 0 Å². The van der Waals surface area contributed by atoms with Crippen LogP contribution in [-0.2, 0) is 4.79 Å². The van der Waals surface area contributed by atoms with Crippen molar-refractivity contribution in [2.24, 2.45) is 28.6 Å². The summed E-state index contributed by atoms with van der Waals surface area (Å²) in [7, 11) is 0. The maximum atomic E-state index is 12.3. The standard InChI is InChI=1S/C21H30O/c1-13-14(2)21(4)15(12-19(13)22)7-8-16-17-6-5-10-20(17,3)11-9-18(16)21/h12,16-18H,5-11H2,1-4H3/t16-,17-,18-,20-,21-/m0/s1. The van der Waals surface area contributed by atoms with Crippen molar-refractivity contribution >= 4 is 5.78 Å². The van der Waals surface area contributed by atoms with Crippen LogP contribution >= 0.6 is 0 Å². The first-order valence-electron chi connectivity index (χ1n) is 9.31. The summed E-state index contributed by atoms with van der Waals surface area (Å²) in [6, 6.07) is 0. The van der Waals surface area contributed by atoms with Gasteiger partial charge in [0.05, 0.1) is 0 Å². The Morgan fingerprint density at radius 3 is 2.59 bits per heavy atom. The van der Waals surface area contributed by atoms with Gasteiger partial charge in [0, 0.05) is 5.41 Å². The summed E-state index contributed by atoms with van der Waals surface area (Å²) < 4.78 is 0. The molecule has 0 aromatic rings. The maximum Gasteiger partial charge on any atom is 0.181 e. The van der Waals surface area contributed by atoms with Gasteiger partial charge >= 0.3 is 0 Å². The molecule has 1 heteroatoms. The van der Waals surface area contributed by atoms with Gasteiger partial charge in [0.25, 0.3) is 0 Å². The van der Waals surface area contributed by atoms with Crippen molar-refractivity contribution < 1.29 is 4.79 Å². The molecular weight excluding hydrogens is 268 g/mol. The lowest BCUT2D eigenvalue weighted by molar-refractivity contribution is -0.112. The Kier molecular flexibility index (Phi) is 3.07. The van der Waals surface area contributed by atoms with Crippen LogP contribution in [0.5, 0.6) is 0 Å². The Hall–Kier alpha value is -0.850. The van der Waals surface area contributed by atoms with Crippen LogP contribution in [0.3, 0.4) is 0 Å². The minimum absolute atomic E-state index is 0.171. The number of hydrogen-bond donors (Lipinski definition) is 0. The second kappa shape index (κ2) is 4.58.